The second kappa shape index (κ2) is 4.78. The van der Waals surface area contributed by atoms with Crippen molar-refractivity contribution in [3.8, 4) is 0 Å². The van der Waals surface area contributed by atoms with Crippen LogP contribution in [0, 0.1) is 34.0 Å². The summed E-state index contributed by atoms with van der Waals surface area (Å²) in [5.74, 6) is 3.08. The van der Waals surface area contributed by atoms with Crippen molar-refractivity contribution in [3.05, 3.63) is 0 Å². The van der Waals surface area contributed by atoms with E-state index in [0.717, 1.165) is 23.2 Å². The van der Waals surface area contributed by atoms with Crippen LogP contribution in [-0.2, 0) is 0 Å². The van der Waals surface area contributed by atoms with Gasteiger partial charge in [-0.1, -0.05) is 54.9 Å². The van der Waals surface area contributed by atoms with Gasteiger partial charge in [-0.05, 0) is 66.1 Å². The normalized spacial score (nSPS) is 38.4. The highest BCUT2D eigenvalue weighted by Gasteiger charge is 2.56. The molecule has 0 spiro atoms. The van der Waals surface area contributed by atoms with E-state index >= 15 is 0 Å². The van der Waals surface area contributed by atoms with Crippen LogP contribution >= 0.6 is 0 Å². The number of hydrogen-bond acceptors (Lipinski definition) is 0. The van der Waals surface area contributed by atoms with Gasteiger partial charge in [-0.3, -0.25) is 0 Å². The first-order valence-electron chi connectivity index (χ1n) is 8.54. The molecule has 0 amide bonds. The molecule has 4 unspecified atom stereocenters. The second-order valence-corrected chi connectivity index (χ2v) is 10.1. The van der Waals surface area contributed by atoms with Crippen molar-refractivity contribution >= 4 is 0 Å². The third-order valence-corrected chi connectivity index (χ3v) is 5.90. The summed E-state index contributed by atoms with van der Waals surface area (Å²) in [6.45, 7) is 16.9. The Morgan fingerprint density at radius 1 is 1.05 bits per heavy atom. The molecule has 2 aliphatic carbocycles. The molecule has 4 atom stereocenters. The Morgan fingerprint density at radius 2 is 1.63 bits per heavy atom. The van der Waals surface area contributed by atoms with Crippen molar-refractivity contribution in [3.63, 3.8) is 0 Å². The summed E-state index contributed by atoms with van der Waals surface area (Å²) in [7, 11) is 0. The monoisotopic (exact) mass is 264 g/mol. The Labute approximate surface area is 121 Å². The average Bonchev–Trinajstić information content (AvgIpc) is 3.04. The quantitative estimate of drug-likeness (QED) is 0.546. The molecule has 0 aromatic rings. The fraction of sp³-hybridized carbons (Fsp3) is 1.00. The largest absolute Gasteiger partial charge is 0.0620 e. The maximum atomic E-state index is 2.49. The molecule has 2 rings (SSSR count). The van der Waals surface area contributed by atoms with E-state index in [1.165, 1.54) is 32.1 Å². The average molecular weight is 264 g/mol. The molecule has 19 heavy (non-hydrogen) atoms. The SMILES string of the molecule is CC1CC1(CCCC(C)(C)C)CC1CC1C(C)(C)C. The fourth-order valence-corrected chi connectivity index (χ4v) is 4.31. The topological polar surface area (TPSA) is 0 Å². The lowest BCUT2D eigenvalue weighted by Gasteiger charge is -2.23. The van der Waals surface area contributed by atoms with E-state index in [0.29, 0.717) is 10.8 Å². The van der Waals surface area contributed by atoms with Gasteiger partial charge in [0.15, 0.2) is 0 Å². The molecule has 0 aliphatic heterocycles. The van der Waals surface area contributed by atoms with Gasteiger partial charge in [0.25, 0.3) is 0 Å². The molecule has 0 aromatic carbocycles. The Kier molecular flexibility index (Phi) is 3.87. The van der Waals surface area contributed by atoms with Crippen LogP contribution in [0.1, 0.15) is 87.0 Å². The minimum Gasteiger partial charge on any atom is -0.0620 e. The molecule has 0 nitrogen and oxygen atoms in total. The van der Waals surface area contributed by atoms with Gasteiger partial charge in [0.05, 0.1) is 0 Å². The zero-order valence-corrected chi connectivity index (χ0v) is 14.5. The predicted molar refractivity (Wildman–Crippen MR) is 85.2 cm³/mol. The molecule has 0 aromatic heterocycles. The van der Waals surface area contributed by atoms with Crippen molar-refractivity contribution in [2.24, 2.45) is 34.0 Å². The molecule has 112 valence electrons. The summed E-state index contributed by atoms with van der Waals surface area (Å²) >= 11 is 0. The van der Waals surface area contributed by atoms with Crippen LogP contribution in [0.25, 0.3) is 0 Å². The summed E-state index contributed by atoms with van der Waals surface area (Å²) in [6, 6.07) is 0. The zero-order valence-electron chi connectivity index (χ0n) is 14.5. The molecule has 0 bridgehead atoms. The molecule has 0 radical (unpaired) electrons. The first kappa shape index (κ1) is 15.4. The highest BCUT2D eigenvalue weighted by Crippen LogP contribution is 2.65. The van der Waals surface area contributed by atoms with Gasteiger partial charge in [-0.25, -0.2) is 0 Å². The van der Waals surface area contributed by atoms with Crippen LogP contribution < -0.4 is 0 Å². The molecule has 2 fully saturated rings. The number of rotatable bonds is 5. The van der Waals surface area contributed by atoms with Gasteiger partial charge in [-0.15, -0.1) is 0 Å². The smallest absolute Gasteiger partial charge is 0.0266 e. The van der Waals surface area contributed by atoms with Gasteiger partial charge in [0.2, 0.25) is 0 Å². The fourth-order valence-electron chi connectivity index (χ4n) is 4.31. The van der Waals surface area contributed by atoms with Crippen LogP contribution in [0.2, 0.25) is 0 Å². The number of hydrogen-bond donors (Lipinski definition) is 0. The van der Waals surface area contributed by atoms with Gasteiger partial charge in [-0.2, -0.15) is 0 Å². The maximum absolute atomic E-state index is 2.49. The molecule has 0 heteroatoms. The van der Waals surface area contributed by atoms with E-state index < -0.39 is 0 Å². The predicted octanol–water partition coefficient (Wildman–Crippen LogP) is 6.30. The van der Waals surface area contributed by atoms with E-state index in [1.807, 2.05) is 0 Å². The molecular formula is C19H36. The van der Waals surface area contributed by atoms with E-state index in [2.05, 4.69) is 48.5 Å². The van der Waals surface area contributed by atoms with Crippen LogP contribution in [0.15, 0.2) is 0 Å². The van der Waals surface area contributed by atoms with E-state index in [1.54, 1.807) is 6.42 Å². The summed E-state index contributed by atoms with van der Waals surface area (Å²) in [4.78, 5) is 0. The Morgan fingerprint density at radius 3 is 2.00 bits per heavy atom. The van der Waals surface area contributed by atoms with E-state index in [-0.39, 0.29) is 0 Å². The summed E-state index contributed by atoms with van der Waals surface area (Å²) < 4.78 is 0. The molecule has 0 saturated heterocycles. The molecular weight excluding hydrogens is 228 g/mol. The van der Waals surface area contributed by atoms with Crippen molar-refractivity contribution in [2.45, 2.75) is 87.0 Å². The third-order valence-electron chi connectivity index (χ3n) is 5.90. The highest BCUT2D eigenvalue weighted by atomic mass is 14.6. The zero-order chi connectivity index (χ0) is 14.5. The van der Waals surface area contributed by atoms with Crippen molar-refractivity contribution < 1.29 is 0 Å². The highest BCUT2D eigenvalue weighted by molar-refractivity contribution is 5.06. The summed E-state index contributed by atoms with van der Waals surface area (Å²) in [6.07, 6.45) is 8.91. The summed E-state index contributed by atoms with van der Waals surface area (Å²) in [5.41, 5.74) is 1.83. The second-order valence-electron chi connectivity index (χ2n) is 10.1. The van der Waals surface area contributed by atoms with Crippen molar-refractivity contribution in [1.29, 1.82) is 0 Å². The van der Waals surface area contributed by atoms with Gasteiger partial charge in [0, 0.05) is 0 Å². The first-order valence-corrected chi connectivity index (χ1v) is 8.54. The molecule has 2 aliphatic rings. The lowest BCUT2D eigenvalue weighted by atomic mass is 9.82. The van der Waals surface area contributed by atoms with E-state index in [4.69, 9.17) is 0 Å². The maximum Gasteiger partial charge on any atom is -0.0266 e. The lowest BCUT2D eigenvalue weighted by Crippen LogP contribution is -2.13. The van der Waals surface area contributed by atoms with Gasteiger partial charge >= 0.3 is 0 Å². The Hall–Kier alpha value is 0. The lowest BCUT2D eigenvalue weighted by molar-refractivity contribution is 0.275. The standard InChI is InChI=1S/C19H36/c1-14-12-19(14,10-8-9-17(2,3)4)13-15-11-16(15)18(5,6)7/h14-16H,8-13H2,1-7H3. The van der Waals surface area contributed by atoms with Crippen LogP contribution in [-0.4, -0.2) is 0 Å². The Bertz CT molecular complexity index is 314. The molecule has 2 saturated carbocycles. The first-order chi connectivity index (χ1) is 8.54. The Balaban J connectivity index is 1.78. The van der Waals surface area contributed by atoms with Crippen molar-refractivity contribution in [1.82, 2.24) is 0 Å². The van der Waals surface area contributed by atoms with E-state index in [9.17, 15) is 0 Å². The van der Waals surface area contributed by atoms with Gasteiger partial charge in [0.1, 0.15) is 0 Å². The van der Waals surface area contributed by atoms with Crippen molar-refractivity contribution in [2.75, 3.05) is 0 Å². The third kappa shape index (κ3) is 3.99. The van der Waals surface area contributed by atoms with Crippen LogP contribution in [0.3, 0.4) is 0 Å². The minimum absolute atomic E-state index is 0.521. The minimum atomic E-state index is 0.521. The molecule has 0 N–H and O–H groups in total. The van der Waals surface area contributed by atoms with Gasteiger partial charge < -0.3 is 0 Å². The van der Waals surface area contributed by atoms with Crippen LogP contribution in [0.5, 0.6) is 0 Å². The summed E-state index contributed by atoms with van der Waals surface area (Å²) in [5, 5.41) is 0. The molecule has 0 heterocycles. The van der Waals surface area contributed by atoms with Crippen LogP contribution in [0.4, 0.5) is 0 Å².